The molecule has 0 aliphatic rings. The molecule has 1 N–H and O–H groups in total. The van der Waals surface area contributed by atoms with Crippen LogP contribution in [0.2, 0.25) is 0 Å². The first kappa shape index (κ1) is 14.7. The molecule has 6 nitrogen and oxygen atoms in total. The van der Waals surface area contributed by atoms with Gasteiger partial charge in [0.25, 0.3) is 5.69 Å². The number of nitrogens with one attached hydrogen (secondary N) is 1. The van der Waals surface area contributed by atoms with E-state index in [0.29, 0.717) is 11.0 Å². The second kappa shape index (κ2) is 6.62. The molecule has 2 aromatic rings. The van der Waals surface area contributed by atoms with Gasteiger partial charge in [0.2, 0.25) is 0 Å². The van der Waals surface area contributed by atoms with Crippen molar-refractivity contribution in [3.05, 3.63) is 56.3 Å². The SMILES string of the molecule is Cn1cc(CCNCc2cccc([N+](=O)[O-])c2Br)cn1. The molecule has 0 spiro atoms. The first-order valence-corrected chi connectivity index (χ1v) is 6.97. The Hall–Kier alpha value is -1.73. The zero-order valence-electron chi connectivity index (χ0n) is 11.0. The van der Waals surface area contributed by atoms with Crippen molar-refractivity contribution in [2.75, 3.05) is 6.54 Å². The van der Waals surface area contributed by atoms with Gasteiger partial charge in [0.1, 0.15) is 0 Å². The van der Waals surface area contributed by atoms with Crippen molar-refractivity contribution in [1.29, 1.82) is 0 Å². The second-order valence-electron chi connectivity index (χ2n) is 4.46. The summed E-state index contributed by atoms with van der Waals surface area (Å²) < 4.78 is 2.31. The Morgan fingerprint density at radius 1 is 1.50 bits per heavy atom. The number of nitro groups is 1. The van der Waals surface area contributed by atoms with Crippen LogP contribution < -0.4 is 5.32 Å². The monoisotopic (exact) mass is 338 g/mol. The highest BCUT2D eigenvalue weighted by molar-refractivity contribution is 9.10. The lowest BCUT2D eigenvalue weighted by atomic mass is 10.2. The van der Waals surface area contributed by atoms with Gasteiger partial charge in [-0.25, -0.2) is 0 Å². The van der Waals surface area contributed by atoms with E-state index in [0.717, 1.165) is 24.1 Å². The van der Waals surface area contributed by atoms with Gasteiger partial charge in [0.15, 0.2) is 0 Å². The van der Waals surface area contributed by atoms with E-state index in [1.165, 1.54) is 6.07 Å². The van der Waals surface area contributed by atoms with Gasteiger partial charge in [-0.1, -0.05) is 12.1 Å². The minimum absolute atomic E-state index is 0.0940. The summed E-state index contributed by atoms with van der Waals surface area (Å²) in [5, 5.41) is 18.2. The molecule has 1 heterocycles. The van der Waals surface area contributed by atoms with E-state index in [4.69, 9.17) is 0 Å². The Morgan fingerprint density at radius 3 is 2.95 bits per heavy atom. The van der Waals surface area contributed by atoms with E-state index in [2.05, 4.69) is 26.3 Å². The van der Waals surface area contributed by atoms with Crippen molar-refractivity contribution in [1.82, 2.24) is 15.1 Å². The smallest absolute Gasteiger partial charge is 0.283 e. The van der Waals surface area contributed by atoms with Gasteiger partial charge in [-0.15, -0.1) is 0 Å². The first-order valence-electron chi connectivity index (χ1n) is 6.18. The third kappa shape index (κ3) is 3.64. The molecule has 0 aliphatic carbocycles. The molecule has 0 saturated carbocycles. The molecule has 2 rings (SSSR count). The van der Waals surface area contributed by atoms with Crippen LogP contribution in [0.3, 0.4) is 0 Å². The molecule has 1 aromatic heterocycles. The fraction of sp³-hybridized carbons (Fsp3) is 0.308. The maximum Gasteiger partial charge on any atom is 0.283 e. The molecular formula is C13H15BrN4O2. The van der Waals surface area contributed by atoms with Crippen LogP contribution >= 0.6 is 15.9 Å². The molecule has 1 aromatic carbocycles. The zero-order chi connectivity index (χ0) is 14.5. The van der Waals surface area contributed by atoms with E-state index in [1.807, 2.05) is 25.5 Å². The number of benzene rings is 1. The average Bonchev–Trinajstić information content (AvgIpc) is 2.82. The molecule has 0 saturated heterocycles. The van der Waals surface area contributed by atoms with Crippen LogP contribution in [0.4, 0.5) is 5.69 Å². The van der Waals surface area contributed by atoms with Crippen molar-refractivity contribution in [2.24, 2.45) is 7.05 Å². The molecule has 106 valence electrons. The van der Waals surface area contributed by atoms with E-state index < -0.39 is 0 Å². The van der Waals surface area contributed by atoms with Gasteiger partial charge in [-0.2, -0.15) is 5.10 Å². The molecule has 7 heteroatoms. The fourth-order valence-electron chi connectivity index (χ4n) is 1.90. The number of aryl methyl sites for hydroxylation is 1. The van der Waals surface area contributed by atoms with Gasteiger partial charge in [-0.3, -0.25) is 14.8 Å². The number of halogens is 1. The summed E-state index contributed by atoms with van der Waals surface area (Å²) in [4.78, 5) is 10.5. The lowest BCUT2D eigenvalue weighted by Gasteiger charge is -2.06. The van der Waals surface area contributed by atoms with Crippen molar-refractivity contribution >= 4 is 21.6 Å². The molecule has 0 bridgehead atoms. The number of rotatable bonds is 6. The Kier molecular flexibility index (Phi) is 4.86. The van der Waals surface area contributed by atoms with Crippen LogP contribution in [-0.2, 0) is 20.0 Å². The maximum atomic E-state index is 10.8. The van der Waals surface area contributed by atoms with Gasteiger partial charge < -0.3 is 5.32 Å². The molecule has 0 radical (unpaired) electrons. The van der Waals surface area contributed by atoms with E-state index in [-0.39, 0.29) is 10.6 Å². The number of hydrogen-bond acceptors (Lipinski definition) is 4. The van der Waals surface area contributed by atoms with Crippen molar-refractivity contribution in [3.63, 3.8) is 0 Å². The third-order valence-electron chi connectivity index (χ3n) is 2.92. The fourth-order valence-corrected chi connectivity index (χ4v) is 2.45. The molecule has 0 aliphatic heterocycles. The number of nitro benzene ring substituents is 1. The highest BCUT2D eigenvalue weighted by Gasteiger charge is 2.14. The maximum absolute atomic E-state index is 10.8. The topological polar surface area (TPSA) is 73.0 Å². The van der Waals surface area contributed by atoms with Gasteiger partial charge in [0.05, 0.1) is 15.6 Å². The Morgan fingerprint density at radius 2 is 2.30 bits per heavy atom. The van der Waals surface area contributed by atoms with Crippen LogP contribution in [0, 0.1) is 10.1 Å². The Labute approximate surface area is 125 Å². The first-order chi connectivity index (χ1) is 9.58. The number of aromatic nitrogens is 2. The normalized spacial score (nSPS) is 10.7. The van der Waals surface area contributed by atoms with Crippen LogP contribution in [0.1, 0.15) is 11.1 Å². The van der Waals surface area contributed by atoms with E-state index >= 15 is 0 Å². The largest absolute Gasteiger partial charge is 0.312 e. The van der Waals surface area contributed by atoms with Gasteiger partial charge >= 0.3 is 0 Å². The van der Waals surface area contributed by atoms with E-state index in [1.54, 1.807) is 10.7 Å². The molecular weight excluding hydrogens is 324 g/mol. The highest BCUT2D eigenvalue weighted by Crippen LogP contribution is 2.27. The predicted molar refractivity (Wildman–Crippen MR) is 79.4 cm³/mol. The quantitative estimate of drug-likeness (QED) is 0.498. The van der Waals surface area contributed by atoms with Crippen LogP contribution in [0.15, 0.2) is 35.1 Å². The van der Waals surface area contributed by atoms with Gasteiger partial charge in [-0.05, 0) is 40.0 Å². The summed E-state index contributed by atoms with van der Waals surface area (Å²) in [6, 6.07) is 5.05. The molecule has 0 amide bonds. The highest BCUT2D eigenvalue weighted by atomic mass is 79.9. The predicted octanol–water partition coefficient (Wildman–Crippen LogP) is 2.42. The summed E-state index contributed by atoms with van der Waals surface area (Å²) >= 11 is 3.29. The molecule has 20 heavy (non-hydrogen) atoms. The lowest BCUT2D eigenvalue weighted by Crippen LogP contribution is -2.17. The molecule has 0 atom stereocenters. The number of nitrogens with zero attached hydrogens (tertiary/aromatic N) is 3. The average molecular weight is 339 g/mol. The summed E-state index contributed by atoms with van der Waals surface area (Å²) in [7, 11) is 1.89. The minimum Gasteiger partial charge on any atom is -0.312 e. The third-order valence-corrected chi connectivity index (χ3v) is 3.83. The van der Waals surface area contributed by atoms with Crippen molar-refractivity contribution in [2.45, 2.75) is 13.0 Å². The van der Waals surface area contributed by atoms with Crippen LogP contribution in [-0.4, -0.2) is 21.2 Å². The van der Waals surface area contributed by atoms with Crippen LogP contribution in [0.25, 0.3) is 0 Å². The summed E-state index contributed by atoms with van der Waals surface area (Å²) in [6.45, 7) is 1.38. The van der Waals surface area contributed by atoms with Crippen LogP contribution in [0.5, 0.6) is 0 Å². The minimum atomic E-state index is -0.386. The second-order valence-corrected chi connectivity index (χ2v) is 5.25. The van der Waals surface area contributed by atoms with Gasteiger partial charge in [0, 0.05) is 25.9 Å². The molecule has 0 unspecified atom stereocenters. The standard InChI is InChI=1S/C13H15BrN4O2/c1-17-9-10(7-16-17)5-6-15-8-11-3-2-4-12(13(11)14)18(19)20/h2-4,7,9,15H,5-6,8H2,1H3. The Bertz CT molecular complexity index is 612. The zero-order valence-corrected chi connectivity index (χ0v) is 12.6. The lowest BCUT2D eigenvalue weighted by molar-refractivity contribution is -0.385. The number of hydrogen-bond donors (Lipinski definition) is 1. The summed E-state index contributed by atoms with van der Waals surface area (Å²) in [5.74, 6) is 0. The van der Waals surface area contributed by atoms with Crippen molar-refractivity contribution < 1.29 is 4.92 Å². The summed E-state index contributed by atoms with van der Waals surface area (Å²) in [5.41, 5.74) is 2.14. The Balaban J connectivity index is 1.88. The molecule has 0 fully saturated rings. The van der Waals surface area contributed by atoms with E-state index in [9.17, 15) is 10.1 Å². The van der Waals surface area contributed by atoms with Crippen molar-refractivity contribution in [3.8, 4) is 0 Å². The summed E-state index contributed by atoms with van der Waals surface area (Å²) in [6.07, 6.45) is 4.69.